The SMILES string of the molecule is CCc1cccc(NC(N)=NCC(OC)c2ccc(F)cc2)c1.I. The standard InChI is InChI=1S/C18H22FN3O.HI/c1-3-13-5-4-6-16(11-13)22-18(20)21-12-17(23-2)14-7-9-15(19)10-8-14;/h4-11,17H,3,12H2,1-2H3,(H3,20,21,22);1H. The lowest BCUT2D eigenvalue weighted by Gasteiger charge is -2.14. The van der Waals surface area contributed by atoms with Gasteiger partial charge in [-0.05, 0) is 41.8 Å². The maximum atomic E-state index is 13.0. The molecule has 0 aliphatic heterocycles. The van der Waals surface area contributed by atoms with Crippen LogP contribution in [0.4, 0.5) is 10.1 Å². The fourth-order valence-electron chi connectivity index (χ4n) is 2.23. The molecule has 2 aromatic rings. The molecule has 2 rings (SSSR count). The number of methoxy groups -OCH3 is 1. The van der Waals surface area contributed by atoms with E-state index >= 15 is 0 Å². The summed E-state index contributed by atoms with van der Waals surface area (Å²) in [4.78, 5) is 4.31. The van der Waals surface area contributed by atoms with Crippen LogP contribution in [0, 0.1) is 5.82 Å². The largest absolute Gasteiger partial charge is 0.375 e. The van der Waals surface area contributed by atoms with E-state index in [4.69, 9.17) is 10.5 Å². The molecular weight excluding hydrogens is 420 g/mol. The third-order valence-corrected chi connectivity index (χ3v) is 3.56. The van der Waals surface area contributed by atoms with Gasteiger partial charge in [0.15, 0.2) is 5.96 Å². The van der Waals surface area contributed by atoms with Gasteiger partial charge in [0.2, 0.25) is 0 Å². The molecule has 0 saturated heterocycles. The highest BCUT2D eigenvalue weighted by atomic mass is 127. The Bertz CT molecular complexity index is 662. The van der Waals surface area contributed by atoms with Crippen LogP contribution in [-0.4, -0.2) is 19.6 Å². The van der Waals surface area contributed by atoms with Crippen molar-refractivity contribution in [3.63, 3.8) is 0 Å². The van der Waals surface area contributed by atoms with Gasteiger partial charge >= 0.3 is 0 Å². The van der Waals surface area contributed by atoms with Crippen molar-refractivity contribution in [1.29, 1.82) is 0 Å². The average molecular weight is 443 g/mol. The number of hydrogen-bond acceptors (Lipinski definition) is 2. The molecule has 4 nitrogen and oxygen atoms in total. The molecule has 0 fully saturated rings. The van der Waals surface area contributed by atoms with E-state index in [2.05, 4.69) is 23.3 Å². The second kappa shape index (κ2) is 10.2. The summed E-state index contributed by atoms with van der Waals surface area (Å²) in [6.07, 6.45) is 0.695. The predicted octanol–water partition coefficient (Wildman–Crippen LogP) is 4.12. The zero-order chi connectivity index (χ0) is 16.7. The molecule has 0 aromatic heterocycles. The van der Waals surface area contributed by atoms with Crippen molar-refractivity contribution in [2.24, 2.45) is 10.7 Å². The molecule has 0 aliphatic rings. The fourth-order valence-corrected chi connectivity index (χ4v) is 2.23. The molecule has 6 heteroatoms. The molecule has 0 spiro atoms. The molecule has 3 N–H and O–H groups in total. The van der Waals surface area contributed by atoms with Crippen molar-refractivity contribution < 1.29 is 9.13 Å². The van der Waals surface area contributed by atoms with E-state index in [1.165, 1.54) is 17.7 Å². The Morgan fingerprint density at radius 2 is 1.96 bits per heavy atom. The van der Waals surface area contributed by atoms with Crippen LogP contribution in [0.15, 0.2) is 53.5 Å². The summed E-state index contributed by atoms with van der Waals surface area (Å²) in [6, 6.07) is 14.2. The molecule has 2 aromatic carbocycles. The lowest BCUT2D eigenvalue weighted by Crippen LogP contribution is -2.24. The number of halogens is 2. The summed E-state index contributed by atoms with van der Waals surface area (Å²) in [6.45, 7) is 2.46. The Labute approximate surface area is 159 Å². The van der Waals surface area contributed by atoms with Crippen molar-refractivity contribution in [2.75, 3.05) is 19.0 Å². The van der Waals surface area contributed by atoms with E-state index in [0.29, 0.717) is 12.5 Å². The minimum atomic E-state index is -0.274. The first-order valence-electron chi connectivity index (χ1n) is 7.56. The Balaban J connectivity index is 0.00000288. The molecule has 0 bridgehead atoms. The van der Waals surface area contributed by atoms with Gasteiger partial charge in [-0.2, -0.15) is 0 Å². The maximum absolute atomic E-state index is 13.0. The van der Waals surface area contributed by atoms with Crippen LogP contribution < -0.4 is 11.1 Å². The number of nitrogens with zero attached hydrogens (tertiary/aromatic N) is 1. The number of nitrogens with two attached hydrogens (primary N) is 1. The zero-order valence-corrected chi connectivity index (χ0v) is 16.2. The average Bonchev–Trinajstić information content (AvgIpc) is 2.57. The fraction of sp³-hybridized carbons (Fsp3) is 0.278. The van der Waals surface area contributed by atoms with Crippen molar-refractivity contribution in [1.82, 2.24) is 0 Å². The van der Waals surface area contributed by atoms with Crippen LogP contribution in [0.2, 0.25) is 0 Å². The number of ether oxygens (including phenoxy) is 1. The van der Waals surface area contributed by atoms with Crippen LogP contribution in [0.3, 0.4) is 0 Å². The third-order valence-electron chi connectivity index (χ3n) is 3.56. The molecule has 0 amide bonds. The van der Waals surface area contributed by atoms with Gasteiger partial charge in [-0.25, -0.2) is 4.39 Å². The van der Waals surface area contributed by atoms with Crippen LogP contribution in [0.1, 0.15) is 24.2 Å². The van der Waals surface area contributed by atoms with Gasteiger partial charge in [-0.3, -0.25) is 4.99 Å². The minimum absolute atomic E-state index is 0. The number of anilines is 1. The first-order valence-corrected chi connectivity index (χ1v) is 7.56. The van der Waals surface area contributed by atoms with Gasteiger partial charge in [-0.15, -0.1) is 24.0 Å². The smallest absolute Gasteiger partial charge is 0.193 e. The minimum Gasteiger partial charge on any atom is -0.375 e. The van der Waals surface area contributed by atoms with Gasteiger partial charge in [0.05, 0.1) is 6.54 Å². The molecule has 1 unspecified atom stereocenters. The van der Waals surface area contributed by atoms with Gasteiger partial charge in [0.25, 0.3) is 0 Å². The third kappa shape index (κ3) is 6.09. The normalized spacial score (nSPS) is 12.4. The van der Waals surface area contributed by atoms with Crippen molar-refractivity contribution in [2.45, 2.75) is 19.4 Å². The van der Waals surface area contributed by atoms with Crippen LogP contribution in [0.25, 0.3) is 0 Å². The Hall–Kier alpha value is -1.67. The first kappa shape index (κ1) is 20.4. The number of benzene rings is 2. The lowest BCUT2D eigenvalue weighted by molar-refractivity contribution is 0.111. The summed E-state index contributed by atoms with van der Waals surface area (Å²) in [5.74, 6) is 0.0477. The number of rotatable bonds is 6. The first-order chi connectivity index (χ1) is 11.1. The highest BCUT2D eigenvalue weighted by molar-refractivity contribution is 14.0. The predicted molar refractivity (Wildman–Crippen MR) is 107 cm³/mol. The number of aliphatic imine (C=N–C) groups is 1. The Morgan fingerprint density at radius 1 is 1.25 bits per heavy atom. The second-order valence-corrected chi connectivity index (χ2v) is 5.18. The second-order valence-electron chi connectivity index (χ2n) is 5.18. The topological polar surface area (TPSA) is 59.6 Å². The highest BCUT2D eigenvalue weighted by Crippen LogP contribution is 2.17. The molecule has 0 heterocycles. The summed E-state index contributed by atoms with van der Waals surface area (Å²) >= 11 is 0. The maximum Gasteiger partial charge on any atom is 0.193 e. The number of hydrogen-bond donors (Lipinski definition) is 2. The molecule has 1 atom stereocenters. The van der Waals surface area contributed by atoms with Gasteiger partial charge in [-0.1, -0.05) is 31.2 Å². The number of nitrogens with one attached hydrogen (secondary N) is 1. The number of aryl methyl sites for hydroxylation is 1. The molecular formula is C18H23FIN3O. The van der Waals surface area contributed by atoms with E-state index in [-0.39, 0.29) is 35.9 Å². The molecule has 130 valence electrons. The van der Waals surface area contributed by atoms with Crippen molar-refractivity contribution >= 4 is 35.6 Å². The Kier molecular flexibility index (Phi) is 8.70. The van der Waals surface area contributed by atoms with Gasteiger partial charge in [0, 0.05) is 12.8 Å². The molecule has 0 aliphatic carbocycles. The van der Waals surface area contributed by atoms with Crippen LogP contribution in [-0.2, 0) is 11.2 Å². The molecule has 0 radical (unpaired) electrons. The summed E-state index contributed by atoms with van der Waals surface area (Å²) < 4.78 is 18.4. The van der Waals surface area contributed by atoms with E-state index in [0.717, 1.165) is 17.7 Å². The highest BCUT2D eigenvalue weighted by Gasteiger charge is 2.10. The van der Waals surface area contributed by atoms with E-state index < -0.39 is 0 Å². The monoisotopic (exact) mass is 443 g/mol. The molecule has 0 saturated carbocycles. The zero-order valence-electron chi connectivity index (χ0n) is 13.8. The van der Waals surface area contributed by atoms with Crippen LogP contribution >= 0.6 is 24.0 Å². The van der Waals surface area contributed by atoms with E-state index in [1.54, 1.807) is 19.2 Å². The van der Waals surface area contributed by atoms with E-state index in [1.807, 2.05) is 18.2 Å². The van der Waals surface area contributed by atoms with Crippen molar-refractivity contribution in [3.8, 4) is 0 Å². The number of guanidine groups is 1. The van der Waals surface area contributed by atoms with Crippen molar-refractivity contribution in [3.05, 3.63) is 65.5 Å². The quantitative estimate of drug-likeness (QED) is 0.401. The van der Waals surface area contributed by atoms with E-state index in [9.17, 15) is 4.39 Å². The summed E-state index contributed by atoms with van der Waals surface area (Å²) in [5.41, 5.74) is 8.92. The van der Waals surface area contributed by atoms with Gasteiger partial charge < -0.3 is 15.8 Å². The van der Waals surface area contributed by atoms with Crippen LogP contribution in [0.5, 0.6) is 0 Å². The lowest BCUT2D eigenvalue weighted by atomic mass is 10.1. The molecule has 24 heavy (non-hydrogen) atoms. The Morgan fingerprint density at radius 3 is 2.58 bits per heavy atom. The van der Waals surface area contributed by atoms with Gasteiger partial charge in [0.1, 0.15) is 11.9 Å². The summed E-state index contributed by atoms with van der Waals surface area (Å²) in [5, 5.41) is 3.07. The summed E-state index contributed by atoms with van der Waals surface area (Å²) in [7, 11) is 1.60.